The molecule has 194 valence electrons. The molecule has 2 saturated carbocycles. The van der Waals surface area contributed by atoms with Gasteiger partial charge < -0.3 is 19.6 Å². The Kier molecular flexibility index (Phi) is 6.41. The quantitative estimate of drug-likeness (QED) is 0.398. The predicted molar refractivity (Wildman–Crippen MR) is 141 cm³/mol. The Hall–Kier alpha value is -1.37. The van der Waals surface area contributed by atoms with Crippen LogP contribution < -0.4 is 5.32 Å². The van der Waals surface area contributed by atoms with E-state index < -0.39 is 8.32 Å². The van der Waals surface area contributed by atoms with Gasteiger partial charge in [0.25, 0.3) is 0 Å². The zero-order valence-electron chi connectivity index (χ0n) is 22.5. The van der Waals surface area contributed by atoms with Crippen molar-refractivity contribution in [2.24, 2.45) is 17.3 Å². The van der Waals surface area contributed by atoms with E-state index in [1.807, 2.05) is 12.1 Å². The molecule has 5 rings (SSSR count). The van der Waals surface area contributed by atoms with Gasteiger partial charge in [-0.2, -0.15) is 0 Å². The molecule has 2 N–H and O–H groups in total. The van der Waals surface area contributed by atoms with Crippen molar-refractivity contribution in [3.63, 3.8) is 0 Å². The molecule has 1 aliphatic heterocycles. The van der Waals surface area contributed by atoms with Crippen molar-refractivity contribution in [3.05, 3.63) is 29.3 Å². The topological polar surface area (TPSA) is 67.8 Å². The highest BCUT2D eigenvalue weighted by molar-refractivity contribution is 6.74. The molecular formula is C29H45NO4Si. The number of ether oxygens (including phenoxy) is 1. The summed E-state index contributed by atoms with van der Waals surface area (Å²) in [7, 11) is -2.03. The Morgan fingerprint density at radius 3 is 2.66 bits per heavy atom. The number of hydrogen-bond donors (Lipinski definition) is 2. The first-order chi connectivity index (χ1) is 16.4. The molecule has 1 aromatic carbocycles. The van der Waals surface area contributed by atoms with Crippen molar-refractivity contribution in [2.45, 2.75) is 115 Å². The molecule has 0 radical (unpaired) electrons. The van der Waals surface area contributed by atoms with Gasteiger partial charge in [-0.15, -0.1) is 0 Å². The number of phenolic OH excluding ortho intramolecular Hbond substituents is 1. The molecule has 1 saturated heterocycles. The predicted octanol–water partition coefficient (Wildman–Crippen LogP) is 5.91. The summed E-state index contributed by atoms with van der Waals surface area (Å²) in [6.45, 7) is 14.8. The van der Waals surface area contributed by atoms with Gasteiger partial charge >= 0.3 is 5.97 Å². The lowest BCUT2D eigenvalue weighted by Gasteiger charge is -2.50. The van der Waals surface area contributed by atoms with Crippen LogP contribution in [0, 0.1) is 17.3 Å². The maximum Gasteiger partial charge on any atom is 0.323 e. The molecule has 3 aliphatic carbocycles. The van der Waals surface area contributed by atoms with Crippen molar-refractivity contribution in [2.75, 3.05) is 6.54 Å². The van der Waals surface area contributed by atoms with Gasteiger partial charge in [-0.05, 0) is 111 Å². The van der Waals surface area contributed by atoms with Crippen molar-refractivity contribution >= 4 is 14.3 Å². The van der Waals surface area contributed by atoms with Gasteiger partial charge in [0.05, 0.1) is 6.10 Å². The van der Waals surface area contributed by atoms with Gasteiger partial charge in [-0.3, -0.25) is 4.79 Å². The lowest BCUT2D eigenvalue weighted by atomic mass is 9.55. The highest BCUT2D eigenvalue weighted by Crippen LogP contribution is 2.62. The number of benzene rings is 1. The van der Waals surface area contributed by atoms with Gasteiger partial charge in [0.15, 0.2) is 8.32 Å². The number of fused-ring (bicyclic) bond motifs is 5. The van der Waals surface area contributed by atoms with Gasteiger partial charge in [0.2, 0.25) is 0 Å². The summed E-state index contributed by atoms with van der Waals surface area (Å²) in [4.78, 5) is 13.3. The molecule has 0 bridgehead atoms. The Morgan fingerprint density at radius 2 is 1.97 bits per heavy atom. The first-order valence-corrected chi connectivity index (χ1v) is 16.7. The Balaban J connectivity index is 1.45. The molecule has 0 spiro atoms. The number of aryl methyl sites for hydroxylation is 1. The van der Waals surface area contributed by atoms with Gasteiger partial charge in [0.1, 0.15) is 17.9 Å². The number of esters is 1. The average Bonchev–Trinajstić information content (AvgIpc) is 3.40. The molecule has 0 aromatic heterocycles. The zero-order valence-corrected chi connectivity index (χ0v) is 23.5. The normalized spacial score (nSPS) is 36.9. The van der Waals surface area contributed by atoms with Crippen LogP contribution in [0.15, 0.2) is 18.2 Å². The van der Waals surface area contributed by atoms with Crippen molar-refractivity contribution in [1.29, 1.82) is 0 Å². The van der Waals surface area contributed by atoms with Crippen LogP contribution in [0.5, 0.6) is 5.75 Å². The maximum absolute atomic E-state index is 13.3. The average molecular weight is 500 g/mol. The van der Waals surface area contributed by atoms with Crippen molar-refractivity contribution in [3.8, 4) is 5.75 Å². The van der Waals surface area contributed by atoms with Gasteiger partial charge in [0, 0.05) is 5.41 Å². The molecule has 3 fully saturated rings. The molecule has 1 aromatic rings. The van der Waals surface area contributed by atoms with E-state index in [9.17, 15) is 9.90 Å². The number of rotatable bonds is 4. The Labute approximate surface area is 212 Å². The highest BCUT2D eigenvalue weighted by atomic mass is 28.4. The first-order valence-electron chi connectivity index (χ1n) is 13.8. The van der Waals surface area contributed by atoms with E-state index in [1.165, 1.54) is 11.1 Å². The fourth-order valence-corrected chi connectivity index (χ4v) is 8.81. The van der Waals surface area contributed by atoms with E-state index >= 15 is 0 Å². The minimum Gasteiger partial charge on any atom is -0.508 e. The smallest absolute Gasteiger partial charge is 0.323 e. The minimum absolute atomic E-state index is 0.0313. The maximum atomic E-state index is 13.3. The Morgan fingerprint density at radius 1 is 1.20 bits per heavy atom. The molecule has 6 heteroatoms. The largest absolute Gasteiger partial charge is 0.508 e. The summed E-state index contributed by atoms with van der Waals surface area (Å²) in [5, 5.41) is 13.5. The van der Waals surface area contributed by atoms with Crippen LogP contribution >= 0.6 is 0 Å². The van der Waals surface area contributed by atoms with Crippen LogP contribution in [0.1, 0.15) is 83.3 Å². The molecule has 35 heavy (non-hydrogen) atoms. The number of carbonyl (C=O) groups excluding carboxylic acids is 1. The monoisotopic (exact) mass is 499 g/mol. The SMILES string of the molecule is CC(C)(C)[Si](C)(C)O[C@@H]1CC2C3CCc4cc(O)ccc4C3CC[C@]2(C)[C@H]1OC(=O)[C@@H]1CCCN1. The van der Waals surface area contributed by atoms with E-state index in [0.29, 0.717) is 23.5 Å². The van der Waals surface area contributed by atoms with E-state index in [1.54, 1.807) is 0 Å². The van der Waals surface area contributed by atoms with E-state index in [-0.39, 0.29) is 34.7 Å². The third-order valence-corrected chi connectivity index (χ3v) is 15.0. The summed E-state index contributed by atoms with van der Waals surface area (Å²) in [6.07, 6.45) is 6.98. The molecule has 3 unspecified atom stereocenters. The van der Waals surface area contributed by atoms with Crippen molar-refractivity contribution in [1.82, 2.24) is 5.32 Å². The van der Waals surface area contributed by atoms with E-state index in [0.717, 1.165) is 51.5 Å². The second-order valence-electron chi connectivity index (χ2n) is 13.5. The summed E-state index contributed by atoms with van der Waals surface area (Å²) >= 11 is 0. The molecule has 1 heterocycles. The van der Waals surface area contributed by atoms with Gasteiger partial charge in [-0.1, -0.05) is 33.8 Å². The van der Waals surface area contributed by atoms with E-state index in [4.69, 9.17) is 9.16 Å². The van der Waals surface area contributed by atoms with Crippen LogP contribution in [-0.2, 0) is 20.4 Å². The first kappa shape index (κ1) is 25.3. The van der Waals surface area contributed by atoms with Gasteiger partial charge in [-0.25, -0.2) is 0 Å². The lowest BCUT2D eigenvalue weighted by Crippen LogP contribution is -2.51. The fraction of sp³-hybridized carbons (Fsp3) is 0.759. The van der Waals surface area contributed by atoms with Crippen LogP contribution in [-0.4, -0.2) is 44.2 Å². The molecule has 5 nitrogen and oxygen atoms in total. The van der Waals surface area contributed by atoms with Crippen LogP contribution in [0.2, 0.25) is 18.1 Å². The summed E-state index contributed by atoms with van der Waals surface area (Å²) < 4.78 is 13.5. The lowest BCUT2D eigenvalue weighted by molar-refractivity contribution is -0.165. The third kappa shape index (κ3) is 4.38. The number of carbonyl (C=O) groups is 1. The van der Waals surface area contributed by atoms with Crippen molar-refractivity contribution < 1.29 is 19.1 Å². The molecule has 4 aliphatic rings. The molecule has 0 amide bonds. The number of nitrogens with one attached hydrogen (secondary N) is 1. The summed E-state index contributed by atoms with van der Waals surface area (Å²) in [5.41, 5.74) is 2.69. The number of phenols is 1. The van der Waals surface area contributed by atoms with Crippen LogP contribution in [0.3, 0.4) is 0 Å². The molecular weight excluding hydrogens is 454 g/mol. The van der Waals surface area contributed by atoms with E-state index in [2.05, 4.69) is 52.2 Å². The number of hydrogen-bond acceptors (Lipinski definition) is 5. The molecule has 7 atom stereocenters. The zero-order chi connectivity index (χ0) is 25.2. The third-order valence-electron chi connectivity index (χ3n) is 10.5. The number of aromatic hydroxyl groups is 1. The minimum atomic E-state index is -2.03. The summed E-state index contributed by atoms with van der Waals surface area (Å²) in [6, 6.07) is 5.81. The second-order valence-corrected chi connectivity index (χ2v) is 18.3. The highest BCUT2D eigenvalue weighted by Gasteiger charge is 2.61. The summed E-state index contributed by atoms with van der Waals surface area (Å²) in [5.74, 6) is 1.87. The van der Waals surface area contributed by atoms with Crippen LogP contribution in [0.4, 0.5) is 0 Å². The van der Waals surface area contributed by atoms with Crippen LogP contribution in [0.25, 0.3) is 0 Å². The second kappa shape index (κ2) is 8.88. The Bertz CT molecular complexity index is 966. The standard InChI is InChI=1S/C29H45NO4Si/c1-28(2,3)35(5,6)34-25-17-23-22-11-9-18-16-19(31)10-12-20(18)21(22)13-14-29(23,4)26(25)33-27(32)24-8-7-15-30-24/h10,12,16,21-26,30-31H,7-9,11,13-15,17H2,1-6H3/t21?,22?,23?,24-,25+,26-,29-/m0/s1. The fourth-order valence-electron chi connectivity index (χ4n) is 7.48.